The summed E-state index contributed by atoms with van der Waals surface area (Å²) in [6, 6.07) is 6.83. The second-order valence-corrected chi connectivity index (χ2v) is 5.66. The number of hydrogen-bond donors (Lipinski definition) is 1. The number of benzene rings is 1. The molecule has 4 nitrogen and oxygen atoms in total. The molecule has 19 heavy (non-hydrogen) atoms. The third kappa shape index (κ3) is 5.75. The minimum atomic E-state index is -0.293. The van der Waals surface area contributed by atoms with E-state index in [0.29, 0.717) is 10.8 Å². The van der Waals surface area contributed by atoms with Crippen LogP contribution in [0.5, 0.6) is 5.75 Å². The Hall–Kier alpha value is -1.55. The summed E-state index contributed by atoms with van der Waals surface area (Å²) in [6.45, 7) is 7.88. The van der Waals surface area contributed by atoms with Crippen LogP contribution in [0.4, 0.5) is 0 Å². The van der Waals surface area contributed by atoms with E-state index >= 15 is 0 Å². The molecular weight excluding hydrogens is 264 g/mol. The maximum absolute atomic E-state index is 11.5. The molecule has 0 aliphatic carbocycles. The Morgan fingerprint density at radius 3 is 2.42 bits per heavy atom. The summed E-state index contributed by atoms with van der Waals surface area (Å²) in [7, 11) is 0. The molecule has 104 valence electrons. The molecule has 0 heterocycles. The number of carbonyl (C=O) groups is 1. The number of ether oxygens (including phenoxy) is 1. The van der Waals surface area contributed by atoms with Gasteiger partial charge in [0.2, 0.25) is 0 Å². The van der Waals surface area contributed by atoms with E-state index in [0.717, 1.165) is 5.71 Å². The van der Waals surface area contributed by atoms with Gasteiger partial charge in [0.1, 0.15) is 5.75 Å². The summed E-state index contributed by atoms with van der Waals surface area (Å²) in [4.78, 5) is 11.5. The molecule has 0 spiro atoms. The number of nitrogens with one attached hydrogen (secondary N) is 1. The Morgan fingerprint density at radius 2 is 1.89 bits per heavy atom. The molecular formula is C14H19ClN2O2. The minimum Gasteiger partial charge on any atom is -0.484 e. The second-order valence-electron chi connectivity index (χ2n) is 5.22. The Balaban J connectivity index is 2.42. The second kappa shape index (κ2) is 6.57. The van der Waals surface area contributed by atoms with Gasteiger partial charge >= 0.3 is 0 Å². The van der Waals surface area contributed by atoms with Crippen LogP contribution in [0.1, 0.15) is 27.7 Å². The van der Waals surface area contributed by atoms with Gasteiger partial charge in [-0.15, -0.1) is 0 Å². The molecule has 0 bridgehead atoms. The fourth-order valence-electron chi connectivity index (χ4n) is 1.03. The van der Waals surface area contributed by atoms with E-state index in [1.165, 1.54) is 0 Å². The molecule has 0 atom stereocenters. The van der Waals surface area contributed by atoms with E-state index < -0.39 is 0 Å². The lowest BCUT2D eigenvalue weighted by molar-refractivity contribution is -0.123. The van der Waals surface area contributed by atoms with Crippen molar-refractivity contribution in [1.82, 2.24) is 5.43 Å². The smallest absolute Gasteiger partial charge is 0.277 e. The number of carbonyl (C=O) groups excluding carboxylic acids is 1. The van der Waals surface area contributed by atoms with Gasteiger partial charge in [-0.1, -0.05) is 32.4 Å². The van der Waals surface area contributed by atoms with Crippen LogP contribution in [0.25, 0.3) is 0 Å². The predicted octanol–water partition coefficient (Wildman–Crippen LogP) is 3.26. The van der Waals surface area contributed by atoms with Crippen LogP contribution in [-0.4, -0.2) is 18.2 Å². The van der Waals surface area contributed by atoms with Crippen molar-refractivity contribution in [2.75, 3.05) is 6.61 Å². The van der Waals surface area contributed by atoms with Gasteiger partial charge in [0, 0.05) is 16.1 Å². The van der Waals surface area contributed by atoms with Crippen molar-refractivity contribution in [3.63, 3.8) is 0 Å². The molecule has 0 unspecified atom stereocenters. The van der Waals surface area contributed by atoms with Gasteiger partial charge in [-0.3, -0.25) is 4.79 Å². The lowest BCUT2D eigenvalue weighted by atomic mass is 9.91. The zero-order valence-electron chi connectivity index (χ0n) is 11.7. The fourth-order valence-corrected chi connectivity index (χ4v) is 1.15. The Morgan fingerprint density at radius 1 is 1.32 bits per heavy atom. The molecule has 0 aliphatic rings. The average Bonchev–Trinajstić information content (AvgIpc) is 2.34. The number of amides is 1. The third-order valence-electron chi connectivity index (χ3n) is 2.62. The Bertz CT molecular complexity index is 461. The van der Waals surface area contributed by atoms with Crippen LogP contribution in [0.3, 0.4) is 0 Å². The highest BCUT2D eigenvalue weighted by molar-refractivity contribution is 6.30. The van der Waals surface area contributed by atoms with E-state index in [1.54, 1.807) is 24.3 Å². The van der Waals surface area contributed by atoms with Crippen molar-refractivity contribution in [3.8, 4) is 5.75 Å². The first-order valence-electron chi connectivity index (χ1n) is 6.01. The maximum Gasteiger partial charge on any atom is 0.277 e. The Labute approximate surface area is 118 Å². The molecule has 0 radical (unpaired) electrons. The third-order valence-corrected chi connectivity index (χ3v) is 2.87. The van der Waals surface area contributed by atoms with Gasteiger partial charge in [-0.25, -0.2) is 5.43 Å². The zero-order chi connectivity index (χ0) is 14.5. The van der Waals surface area contributed by atoms with Gasteiger partial charge in [-0.05, 0) is 31.2 Å². The molecule has 0 saturated carbocycles. The molecule has 1 N–H and O–H groups in total. The first-order chi connectivity index (χ1) is 8.79. The lowest BCUT2D eigenvalue weighted by Gasteiger charge is -2.17. The normalized spacial score (nSPS) is 12.2. The number of nitrogens with zero attached hydrogens (tertiary/aromatic N) is 1. The van der Waals surface area contributed by atoms with E-state index in [-0.39, 0.29) is 17.9 Å². The van der Waals surface area contributed by atoms with E-state index in [4.69, 9.17) is 16.3 Å². The summed E-state index contributed by atoms with van der Waals surface area (Å²) in [5.74, 6) is 0.301. The van der Waals surface area contributed by atoms with Crippen LogP contribution in [0.2, 0.25) is 5.02 Å². The largest absolute Gasteiger partial charge is 0.484 e. The highest BCUT2D eigenvalue weighted by Crippen LogP contribution is 2.16. The lowest BCUT2D eigenvalue weighted by Crippen LogP contribution is -2.28. The van der Waals surface area contributed by atoms with Crippen LogP contribution >= 0.6 is 11.6 Å². The number of halogens is 1. The van der Waals surface area contributed by atoms with Crippen molar-refractivity contribution in [1.29, 1.82) is 0 Å². The van der Waals surface area contributed by atoms with E-state index in [1.807, 2.05) is 27.7 Å². The van der Waals surface area contributed by atoms with Crippen molar-refractivity contribution < 1.29 is 9.53 Å². The summed E-state index contributed by atoms with van der Waals surface area (Å²) in [5.41, 5.74) is 3.26. The molecule has 1 aromatic rings. The highest BCUT2D eigenvalue weighted by Gasteiger charge is 2.14. The summed E-state index contributed by atoms with van der Waals surface area (Å²) in [5, 5.41) is 4.66. The van der Waals surface area contributed by atoms with Gasteiger partial charge in [-0.2, -0.15) is 5.10 Å². The zero-order valence-corrected chi connectivity index (χ0v) is 12.4. The molecule has 0 aromatic heterocycles. The van der Waals surface area contributed by atoms with Gasteiger partial charge < -0.3 is 4.74 Å². The molecule has 1 aromatic carbocycles. The minimum absolute atomic E-state index is 0.0652. The number of rotatable bonds is 4. The van der Waals surface area contributed by atoms with Crippen LogP contribution in [-0.2, 0) is 4.79 Å². The summed E-state index contributed by atoms with van der Waals surface area (Å²) >= 11 is 5.75. The van der Waals surface area contributed by atoms with Crippen LogP contribution < -0.4 is 10.2 Å². The predicted molar refractivity (Wildman–Crippen MR) is 77.7 cm³/mol. The fraction of sp³-hybridized carbons (Fsp3) is 0.429. The van der Waals surface area contributed by atoms with Gasteiger partial charge in [0.05, 0.1) is 0 Å². The topological polar surface area (TPSA) is 50.7 Å². The SMILES string of the molecule is C/C(=N\NC(=O)COc1ccc(Cl)cc1)C(C)(C)C. The molecule has 0 saturated heterocycles. The van der Waals surface area contributed by atoms with Crippen molar-refractivity contribution in [3.05, 3.63) is 29.3 Å². The van der Waals surface area contributed by atoms with Crippen LogP contribution in [0, 0.1) is 5.41 Å². The molecule has 1 rings (SSSR count). The maximum atomic E-state index is 11.5. The van der Waals surface area contributed by atoms with Crippen molar-refractivity contribution in [2.24, 2.45) is 10.5 Å². The summed E-state index contributed by atoms with van der Waals surface area (Å²) < 4.78 is 5.30. The van der Waals surface area contributed by atoms with Gasteiger partial charge in [0.15, 0.2) is 6.61 Å². The first-order valence-corrected chi connectivity index (χ1v) is 6.39. The van der Waals surface area contributed by atoms with Crippen molar-refractivity contribution >= 4 is 23.2 Å². The summed E-state index contributed by atoms with van der Waals surface area (Å²) in [6.07, 6.45) is 0. The Kier molecular flexibility index (Phi) is 5.36. The number of hydrogen-bond acceptors (Lipinski definition) is 3. The molecule has 0 fully saturated rings. The molecule has 5 heteroatoms. The van der Waals surface area contributed by atoms with Gasteiger partial charge in [0.25, 0.3) is 5.91 Å². The molecule has 0 aliphatic heterocycles. The van der Waals surface area contributed by atoms with E-state index in [9.17, 15) is 4.79 Å². The first kappa shape index (κ1) is 15.5. The van der Waals surface area contributed by atoms with Crippen molar-refractivity contribution in [2.45, 2.75) is 27.7 Å². The monoisotopic (exact) mass is 282 g/mol. The quantitative estimate of drug-likeness (QED) is 0.681. The standard InChI is InChI=1S/C14H19ClN2O2/c1-10(14(2,3)4)16-17-13(18)9-19-12-7-5-11(15)6-8-12/h5-8H,9H2,1-4H3,(H,17,18)/b16-10+. The molecule has 1 amide bonds. The highest BCUT2D eigenvalue weighted by atomic mass is 35.5. The van der Waals surface area contributed by atoms with Crippen LogP contribution in [0.15, 0.2) is 29.4 Å². The average molecular weight is 283 g/mol. The number of hydrazone groups is 1. The van der Waals surface area contributed by atoms with E-state index in [2.05, 4.69) is 10.5 Å².